The van der Waals surface area contributed by atoms with Crippen LogP contribution >= 0.6 is 11.6 Å². The van der Waals surface area contributed by atoms with E-state index in [9.17, 15) is 0 Å². The first-order valence-electron chi connectivity index (χ1n) is 4.65. The molecule has 0 aliphatic heterocycles. The molecule has 0 aliphatic carbocycles. The van der Waals surface area contributed by atoms with Gasteiger partial charge in [0.1, 0.15) is 0 Å². The van der Waals surface area contributed by atoms with Gasteiger partial charge >= 0.3 is 0 Å². The summed E-state index contributed by atoms with van der Waals surface area (Å²) in [5.41, 5.74) is 1.31. The number of nitrogens with zero attached hydrogens (tertiary/aromatic N) is 1. The Labute approximate surface area is 85.3 Å². The average molecular weight is 198 g/mol. The van der Waals surface area contributed by atoms with Crippen LogP contribution in [0.5, 0.6) is 0 Å². The SMILES string of the molecule is CCN(C)CCc1cccc(Cl)c1. The van der Waals surface area contributed by atoms with Gasteiger partial charge in [-0.3, -0.25) is 0 Å². The van der Waals surface area contributed by atoms with Crippen LogP contribution in [0.15, 0.2) is 24.3 Å². The Morgan fingerprint density at radius 2 is 2.15 bits per heavy atom. The van der Waals surface area contributed by atoms with Crippen molar-refractivity contribution >= 4 is 11.6 Å². The normalized spacial score (nSPS) is 10.8. The number of rotatable bonds is 4. The van der Waals surface area contributed by atoms with Gasteiger partial charge in [-0.15, -0.1) is 0 Å². The molecule has 0 heterocycles. The lowest BCUT2D eigenvalue weighted by Crippen LogP contribution is -2.20. The smallest absolute Gasteiger partial charge is 0.0408 e. The number of benzene rings is 1. The molecule has 0 amide bonds. The lowest BCUT2D eigenvalue weighted by molar-refractivity contribution is 0.357. The van der Waals surface area contributed by atoms with E-state index >= 15 is 0 Å². The first-order valence-corrected chi connectivity index (χ1v) is 5.03. The van der Waals surface area contributed by atoms with E-state index < -0.39 is 0 Å². The summed E-state index contributed by atoms with van der Waals surface area (Å²) in [5, 5.41) is 0.830. The van der Waals surface area contributed by atoms with Gasteiger partial charge in [0.05, 0.1) is 0 Å². The highest BCUT2D eigenvalue weighted by atomic mass is 35.5. The molecular weight excluding hydrogens is 182 g/mol. The van der Waals surface area contributed by atoms with Gasteiger partial charge < -0.3 is 4.90 Å². The predicted octanol–water partition coefficient (Wildman–Crippen LogP) is 2.83. The zero-order valence-corrected chi connectivity index (χ0v) is 9.01. The van der Waals surface area contributed by atoms with Gasteiger partial charge in [0.15, 0.2) is 0 Å². The van der Waals surface area contributed by atoms with Crippen LogP contribution in [0.3, 0.4) is 0 Å². The molecule has 0 unspecified atom stereocenters. The maximum absolute atomic E-state index is 5.88. The van der Waals surface area contributed by atoms with Crippen molar-refractivity contribution in [1.82, 2.24) is 4.90 Å². The molecule has 0 aromatic heterocycles. The van der Waals surface area contributed by atoms with Crippen molar-refractivity contribution < 1.29 is 0 Å². The van der Waals surface area contributed by atoms with E-state index in [1.54, 1.807) is 0 Å². The summed E-state index contributed by atoms with van der Waals surface area (Å²) in [7, 11) is 2.13. The molecule has 13 heavy (non-hydrogen) atoms. The minimum absolute atomic E-state index is 0.830. The van der Waals surface area contributed by atoms with Crippen LogP contribution in [0.2, 0.25) is 5.02 Å². The van der Waals surface area contributed by atoms with Crippen LogP contribution in [0, 0.1) is 0 Å². The van der Waals surface area contributed by atoms with E-state index in [4.69, 9.17) is 11.6 Å². The Morgan fingerprint density at radius 3 is 2.77 bits per heavy atom. The average Bonchev–Trinajstić information content (AvgIpc) is 2.14. The standard InChI is InChI=1S/C11H16ClN/c1-3-13(2)8-7-10-5-4-6-11(12)9-10/h4-6,9H,3,7-8H2,1-2H3. The zero-order chi connectivity index (χ0) is 9.68. The molecule has 0 aliphatic rings. The Morgan fingerprint density at radius 1 is 1.38 bits per heavy atom. The molecule has 2 heteroatoms. The fraction of sp³-hybridized carbons (Fsp3) is 0.455. The van der Waals surface area contributed by atoms with Gasteiger partial charge in [0.2, 0.25) is 0 Å². The first-order chi connectivity index (χ1) is 6.22. The van der Waals surface area contributed by atoms with Crippen LogP contribution in [-0.2, 0) is 6.42 Å². The van der Waals surface area contributed by atoms with Gasteiger partial charge in [0.25, 0.3) is 0 Å². The largest absolute Gasteiger partial charge is 0.306 e. The van der Waals surface area contributed by atoms with Crippen LogP contribution in [0.25, 0.3) is 0 Å². The molecule has 0 saturated heterocycles. The Balaban J connectivity index is 2.45. The zero-order valence-electron chi connectivity index (χ0n) is 8.26. The molecule has 0 fully saturated rings. The highest BCUT2D eigenvalue weighted by Gasteiger charge is 1.97. The topological polar surface area (TPSA) is 3.24 Å². The van der Waals surface area contributed by atoms with Crippen LogP contribution in [0.4, 0.5) is 0 Å². The summed E-state index contributed by atoms with van der Waals surface area (Å²) in [6.07, 6.45) is 1.07. The Kier molecular flexibility index (Phi) is 4.26. The van der Waals surface area contributed by atoms with E-state index in [0.29, 0.717) is 0 Å². The maximum atomic E-state index is 5.88. The highest BCUT2D eigenvalue weighted by Crippen LogP contribution is 2.11. The summed E-state index contributed by atoms with van der Waals surface area (Å²) >= 11 is 5.88. The van der Waals surface area contributed by atoms with E-state index in [-0.39, 0.29) is 0 Å². The molecule has 0 atom stereocenters. The Bertz CT molecular complexity index is 260. The van der Waals surface area contributed by atoms with Crippen molar-refractivity contribution in [1.29, 1.82) is 0 Å². The van der Waals surface area contributed by atoms with Crippen molar-refractivity contribution in [2.75, 3.05) is 20.1 Å². The maximum Gasteiger partial charge on any atom is 0.0408 e. The van der Waals surface area contributed by atoms with Crippen molar-refractivity contribution in [3.8, 4) is 0 Å². The number of halogens is 1. The van der Waals surface area contributed by atoms with Gasteiger partial charge in [-0.25, -0.2) is 0 Å². The molecule has 0 radical (unpaired) electrons. The lowest BCUT2D eigenvalue weighted by atomic mass is 10.1. The molecule has 1 nitrogen and oxygen atoms in total. The number of likely N-dealkylation sites (N-methyl/N-ethyl adjacent to an activating group) is 1. The van der Waals surface area contributed by atoms with Crippen LogP contribution in [0.1, 0.15) is 12.5 Å². The molecule has 72 valence electrons. The number of hydrogen-bond acceptors (Lipinski definition) is 1. The van der Waals surface area contributed by atoms with Crippen molar-refractivity contribution in [2.24, 2.45) is 0 Å². The molecule has 0 spiro atoms. The molecule has 0 saturated carbocycles. The third-order valence-electron chi connectivity index (χ3n) is 2.21. The molecule has 1 rings (SSSR count). The fourth-order valence-corrected chi connectivity index (χ4v) is 1.38. The summed E-state index contributed by atoms with van der Waals surface area (Å²) in [5.74, 6) is 0. The molecule has 1 aromatic carbocycles. The number of hydrogen-bond donors (Lipinski definition) is 0. The molecular formula is C11H16ClN. The summed E-state index contributed by atoms with van der Waals surface area (Å²) in [6, 6.07) is 8.07. The van der Waals surface area contributed by atoms with E-state index in [1.807, 2.05) is 18.2 Å². The van der Waals surface area contributed by atoms with Gasteiger partial charge in [0, 0.05) is 11.6 Å². The predicted molar refractivity (Wildman–Crippen MR) is 58.3 cm³/mol. The minimum atomic E-state index is 0.830. The summed E-state index contributed by atoms with van der Waals surface area (Å²) < 4.78 is 0. The van der Waals surface area contributed by atoms with E-state index in [0.717, 1.165) is 24.5 Å². The molecule has 0 N–H and O–H groups in total. The second-order valence-corrected chi connectivity index (χ2v) is 3.71. The monoisotopic (exact) mass is 197 g/mol. The summed E-state index contributed by atoms with van der Waals surface area (Å²) in [4.78, 5) is 2.29. The Hall–Kier alpha value is -0.530. The fourth-order valence-electron chi connectivity index (χ4n) is 1.17. The highest BCUT2D eigenvalue weighted by molar-refractivity contribution is 6.30. The second kappa shape index (κ2) is 5.25. The van der Waals surface area contributed by atoms with Crippen molar-refractivity contribution in [2.45, 2.75) is 13.3 Å². The van der Waals surface area contributed by atoms with Crippen LogP contribution < -0.4 is 0 Å². The van der Waals surface area contributed by atoms with Gasteiger partial charge in [-0.2, -0.15) is 0 Å². The summed E-state index contributed by atoms with van der Waals surface area (Å²) in [6.45, 7) is 4.36. The van der Waals surface area contributed by atoms with Crippen molar-refractivity contribution in [3.63, 3.8) is 0 Å². The second-order valence-electron chi connectivity index (χ2n) is 3.28. The first kappa shape index (κ1) is 10.6. The minimum Gasteiger partial charge on any atom is -0.306 e. The van der Waals surface area contributed by atoms with E-state index in [1.165, 1.54) is 5.56 Å². The van der Waals surface area contributed by atoms with E-state index in [2.05, 4.69) is 24.9 Å². The van der Waals surface area contributed by atoms with Gasteiger partial charge in [-0.1, -0.05) is 30.7 Å². The van der Waals surface area contributed by atoms with Crippen molar-refractivity contribution in [3.05, 3.63) is 34.9 Å². The molecule has 0 bridgehead atoms. The van der Waals surface area contributed by atoms with Crippen LogP contribution in [-0.4, -0.2) is 25.0 Å². The van der Waals surface area contributed by atoms with Gasteiger partial charge in [-0.05, 0) is 37.7 Å². The lowest BCUT2D eigenvalue weighted by Gasteiger charge is -2.13. The quantitative estimate of drug-likeness (QED) is 0.718. The molecule has 1 aromatic rings. The third-order valence-corrected chi connectivity index (χ3v) is 2.45. The third kappa shape index (κ3) is 3.79.